The maximum absolute atomic E-state index is 14.6. The Morgan fingerprint density at radius 3 is 2.59 bits per heavy atom. The summed E-state index contributed by atoms with van der Waals surface area (Å²) in [7, 11) is -4.59. The molecule has 0 bridgehead atoms. The van der Waals surface area contributed by atoms with Gasteiger partial charge >= 0.3 is 0 Å². The predicted molar refractivity (Wildman–Crippen MR) is 266 cm³/mol. The number of aromatic amines is 1. The highest BCUT2D eigenvalue weighted by atomic mass is 32.2. The Bertz CT molecular complexity index is 2870. The third-order valence-corrected chi connectivity index (χ3v) is 17.0. The van der Waals surface area contributed by atoms with Crippen LogP contribution in [-0.2, 0) is 19.5 Å². The van der Waals surface area contributed by atoms with Crippen molar-refractivity contribution < 1.29 is 37.1 Å². The number of hydrogen-bond donors (Lipinski definition) is 3. The van der Waals surface area contributed by atoms with Crippen molar-refractivity contribution in [2.45, 2.75) is 94.4 Å². The normalized spacial score (nSPS) is 22.9. The van der Waals surface area contributed by atoms with Gasteiger partial charge in [0.1, 0.15) is 28.9 Å². The van der Waals surface area contributed by atoms with Crippen molar-refractivity contribution in [3.8, 4) is 11.6 Å². The molecule has 7 heterocycles. The monoisotopic (exact) mass is 974 g/mol. The molecular weight excluding hydrogens is 913 g/mol. The molecule has 5 fully saturated rings. The van der Waals surface area contributed by atoms with Gasteiger partial charge in [0.25, 0.3) is 21.6 Å². The molecular formula is C52H62N8O9S. The second-order valence-electron chi connectivity index (χ2n) is 20.5. The summed E-state index contributed by atoms with van der Waals surface area (Å²) in [5.41, 5.74) is 4.19. The lowest BCUT2D eigenvalue weighted by Crippen LogP contribution is -2.54. The number of likely N-dealkylation sites (tertiary alicyclic amines) is 1. The minimum atomic E-state index is -4.59. The Hall–Kier alpha value is -5.95. The number of piperidine rings is 1. The second-order valence-corrected chi connectivity index (χ2v) is 22.1. The minimum Gasteiger partial charge on any atom is -0.491 e. The molecule has 6 aliphatic rings. The largest absolute Gasteiger partial charge is 0.491 e. The molecule has 0 unspecified atom stereocenters. The Morgan fingerprint density at radius 2 is 1.79 bits per heavy atom. The highest BCUT2D eigenvalue weighted by Gasteiger charge is 2.50. The van der Waals surface area contributed by atoms with Crippen molar-refractivity contribution in [2.24, 2.45) is 17.3 Å². The molecule has 2 aromatic heterocycles. The first kappa shape index (κ1) is 46.4. The fourth-order valence-corrected chi connectivity index (χ4v) is 12.9. The summed E-state index contributed by atoms with van der Waals surface area (Å²) in [6.07, 6.45) is 10.0. The fourth-order valence-electron chi connectivity index (χ4n) is 11.9. The van der Waals surface area contributed by atoms with Crippen LogP contribution in [0.15, 0.2) is 83.9 Å². The lowest BCUT2D eigenvalue weighted by molar-refractivity contribution is -0.384. The van der Waals surface area contributed by atoms with Crippen LogP contribution in [0.3, 0.4) is 0 Å². The quantitative estimate of drug-likeness (QED) is 0.0753. The van der Waals surface area contributed by atoms with Gasteiger partial charge in [-0.3, -0.25) is 19.8 Å². The van der Waals surface area contributed by atoms with Crippen molar-refractivity contribution in [3.05, 3.63) is 100 Å². The number of nitro groups is 1. The number of rotatable bonds is 13. The first-order chi connectivity index (χ1) is 33.9. The summed E-state index contributed by atoms with van der Waals surface area (Å²) < 4.78 is 54.7. The second kappa shape index (κ2) is 19.0. The summed E-state index contributed by atoms with van der Waals surface area (Å²) in [5, 5.41) is 16.3. The van der Waals surface area contributed by atoms with Gasteiger partial charge in [0.2, 0.25) is 5.88 Å². The number of nitro benzene ring substituents is 1. The Labute approximate surface area is 408 Å². The summed E-state index contributed by atoms with van der Waals surface area (Å²) in [5.74, 6) is 0.693. The maximum atomic E-state index is 14.6. The number of carbonyl (C=O) groups excluding carboxylic acids is 1. The highest BCUT2D eigenvalue weighted by Crippen LogP contribution is 2.55. The zero-order chi connectivity index (χ0) is 48.1. The number of pyridine rings is 1. The zero-order valence-electron chi connectivity index (χ0n) is 39.8. The standard InChI is InChI=1S/C52H62N8O9S/c1-33(2)68-47-8-4-3-6-40(47)43-7-5-19-58(43)38-27-52(28-38)16-20-57(21-17-52)37-9-11-41(44(25-37)59-30-36-31-67-32-48(36)69-51-46(59)24-35-13-18-53-49(35)55-51)50(61)56-70(64,65)39-10-12-42(45(26-39)60(62)63)54-29-34-14-22-66-23-15-34/h3-4,6,8-13,18,24-26,33-34,36,38,43,48,54H,5,7,14-17,19-23,27-32H2,1-2H3,(H,53,55)(H,56,61)/t36-,43-,48-/m0/s1. The van der Waals surface area contributed by atoms with Crippen LogP contribution < -0.4 is 29.3 Å². The van der Waals surface area contributed by atoms with Crippen LogP contribution in [-0.4, -0.2) is 112 Å². The molecule has 4 saturated heterocycles. The molecule has 370 valence electrons. The first-order valence-corrected chi connectivity index (χ1v) is 26.5. The molecule has 5 aliphatic heterocycles. The lowest BCUT2D eigenvalue weighted by Gasteiger charge is -2.56. The van der Waals surface area contributed by atoms with Gasteiger partial charge in [-0.15, -0.1) is 0 Å². The van der Waals surface area contributed by atoms with Gasteiger partial charge in [-0.25, -0.2) is 13.1 Å². The van der Waals surface area contributed by atoms with Gasteiger partial charge in [-0.2, -0.15) is 4.98 Å². The van der Waals surface area contributed by atoms with E-state index in [1.807, 2.05) is 35.4 Å². The van der Waals surface area contributed by atoms with E-state index in [2.05, 4.69) is 62.9 Å². The molecule has 18 heteroatoms. The number of ether oxygens (including phenoxy) is 4. The smallest absolute Gasteiger partial charge is 0.293 e. The average molecular weight is 975 g/mol. The third kappa shape index (κ3) is 9.14. The lowest BCUT2D eigenvalue weighted by atomic mass is 9.60. The van der Waals surface area contributed by atoms with E-state index in [1.165, 1.54) is 24.1 Å². The van der Waals surface area contributed by atoms with Crippen LogP contribution in [0.5, 0.6) is 11.6 Å². The van der Waals surface area contributed by atoms with Crippen molar-refractivity contribution in [1.82, 2.24) is 19.6 Å². The molecule has 1 spiro atoms. The van der Waals surface area contributed by atoms with Crippen LogP contribution in [0, 0.1) is 27.4 Å². The predicted octanol–water partition coefficient (Wildman–Crippen LogP) is 8.35. The Balaban J connectivity index is 0.862. The fraction of sp³-hybridized carbons (Fsp3) is 0.500. The molecule has 0 radical (unpaired) electrons. The third-order valence-electron chi connectivity index (χ3n) is 15.7. The molecule has 3 atom stereocenters. The van der Waals surface area contributed by atoms with Crippen molar-refractivity contribution in [3.63, 3.8) is 0 Å². The van der Waals surface area contributed by atoms with E-state index in [1.54, 1.807) is 6.07 Å². The zero-order valence-corrected chi connectivity index (χ0v) is 40.6. The molecule has 1 amide bonds. The molecule has 1 aliphatic carbocycles. The number of carbonyl (C=O) groups is 1. The summed E-state index contributed by atoms with van der Waals surface area (Å²) in [4.78, 5) is 41.1. The van der Waals surface area contributed by atoms with Crippen LogP contribution in [0.4, 0.5) is 28.4 Å². The number of sulfonamides is 1. The molecule has 70 heavy (non-hydrogen) atoms. The van der Waals surface area contributed by atoms with E-state index >= 15 is 0 Å². The van der Waals surface area contributed by atoms with Crippen LogP contribution >= 0.6 is 0 Å². The molecule has 5 aromatic rings. The van der Waals surface area contributed by atoms with Gasteiger partial charge < -0.3 is 39.0 Å². The number of benzene rings is 3. The van der Waals surface area contributed by atoms with E-state index < -0.39 is 31.4 Å². The number of para-hydroxylation sites is 1. The first-order valence-electron chi connectivity index (χ1n) is 25.0. The maximum Gasteiger partial charge on any atom is 0.293 e. The van der Waals surface area contributed by atoms with Crippen LogP contribution in [0.1, 0.15) is 87.2 Å². The summed E-state index contributed by atoms with van der Waals surface area (Å²) >= 11 is 0. The van der Waals surface area contributed by atoms with Crippen LogP contribution in [0.25, 0.3) is 11.0 Å². The number of aromatic nitrogens is 2. The van der Waals surface area contributed by atoms with E-state index in [9.17, 15) is 23.3 Å². The van der Waals surface area contributed by atoms with Crippen molar-refractivity contribution in [1.29, 1.82) is 0 Å². The number of fused-ring (bicyclic) bond motifs is 3. The van der Waals surface area contributed by atoms with Crippen molar-refractivity contribution in [2.75, 3.05) is 74.3 Å². The molecule has 17 nitrogen and oxygen atoms in total. The van der Waals surface area contributed by atoms with E-state index in [0.29, 0.717) is 74.5 Å². The number of nitrogens with zero attached hydrogens (tertiary/aromatic N) is 5. The molecule has 1 saturated carbocycles. The Morgan fingerprint density at radius 1 is 0.971 bits per heavy atom. The highest BCUT2D eigenvalue weighted by molar-refractivity contribution is 7.90. The number of amides is 1. The summed E-state index contributed by atoms with van der Waals surface area (Å²) in [6, 6.07) is 22.6. The van der Waals surface area contributed by atoms with E-state index in [-0.39, 0.29) is 40.7 Å². The number of H-pyrrole nitrogens is 1. The minimum absolute atomic E-state index is 0.0808. The Kier molecular flexibility index (Phi) is 12.6. The molecule has 3 N–H and O–H groups in total. The number of anilines is 4. The van der Waals surface area contributed by atoms with Crippen molar-refractivity contribution >= 4 is 55.4 Å². The van der Waals surface area contributed by atoms with Crippen LogP contribution in [0.2, 0.25) is 0 Å². The molecule has 3 aromatic carbocycles. The average Bonchev–Trinajstić information content (AvgIpc) is 4.12. The number of nitrogens with one attached hydrogen (secondary N) is 3. The SMILES string of the molecule is CC(C)Oc1ccccc1[C@@H]1CCCN1C1CC2(CCN(c3ccc(C(=O)NS(=O)(=O)c4ccc(NCC5CCOCC5)c([N+](=O)[O-])c4)c(N4C[C@H]5COC[C@@H]5Oc5nc6[nH]ccc6cc54)c3)CC2)C1. The van der Waals surface area contributed by atoms with E-state index in [4.69, 9.17) is 23.9 Å². The number of hydrogen-bond acceptors (Lipinski definition) is 14. The van der Waals surface area contributed by atoms with Gasteiger partial charge in [-0.05, 0) is 132 Å². The van der Waals surface area contributed by atoms with Gasteiger partial charge in [0.15, 0.2) is 0 Å². The summed E-state index contributed by atoms with van der Waals surface area (Å²) in [6.45, 7) is 9.91. The van der Waals surface area contributed by atoms with E-state index in [0.717, 1.165) is 87.5 Å². The molecule has 11 rings (SSSR count). The van der Waals surface area contributed by atoms with Gasteiger partial charge in [0, 0.05) is 86.3 Å². The topological polar surface area (TPSA) is 194 Å². The van der Waals surface area contributed by atoms with Gasteiger partial charge in [0.05, 0.1) is 40.4 Å². The van der Waals surface area contributed by atoms with Gasteiger partial charge in [-0.1, -0.05) is 18.2 Å².